The zero-order valence-electron chi connectivity index (χ0n) is 17.1. The lowest BCUT2D eigenvalue weighted by atomic mass is 10.1. The Kier molecular flexibility index (Phi) is 6.09. The zero-order chi connectivity index (χ0) is 22.7. The molecule has 0 fully saturated rings. The summed E-state index contributed by atoms with van der Waals surface area (Å²) in [6.07, 6.45) is 0. The van der Waals surface area contributed by atoms with Crippen molar-refractivity contribution in [2.24, 2.45) is 7.05 Å². The van der Waals surface area contributed by atoms with E-state index in [0.29, 0.717) is 28.0 Å². The Bertz CT molecular complexity index is 1180. The monoisotopic (exact) mass is 454 g/mol. The quantitative estimate of drug-likeness (QED) is 0.574. The number of hydrogen-bond acceptors (Lipinski definition) is 6. The Balaban J connectivity index is 1.33. The van der Waals surface area contributed by atoms with Gasteiger partial charge in [-0.3, -0.25) is 24.0 Å². The number of aromatic nitrogens is 2. The van der Waals surface area contributed by atoms with Crippen LogP contribution >= 0.6 is 11.6 Å². The summed E-state index contributed by atoms with van der Waals surface area (Å²) in [6.45, 7) is -0.986. The second kappa shape index (κ2) is 9.11. The van der Waals surface area contributed by atoms with Crippen molar-refractivity contribution in [3.8, 4) is 17.0 Å². The molecule has 0 bridgehead atoms. The van der Waals surface area contributed by atoms with Gasteiger partial charge in [0.05, 0.1) is 11.4 Å². The molecule has 0 saturated heterocycles. The number of nitrogens with zero attached hydrogens (tertiary/aromatic N) is 3. The maximum Gasteiger partial charge on any atom is 0.326 e. The Morgan fingerprint density at radius 2 is 1.94 bits per heavy atom. The van der Waals surface area contributed by atoms with E-state index in [1.807, 2.05) is 12.1 Å². The van der Waals surface area contributed by atoms with Gasteiger partial charge in [0.2, 0.25) is 0 Å². The van der Waals surface area contributed by atoms with Crippen LogP contribution in [0.5, 0.6) is 5.75 Å². The molecule has 3 aromatic rings. The molecule has 0 radical (unpaired) electrons. The van der Waals surface area contributed by atoms with Crippen LogP contribution in [0, 0.1) is 0 Å². The number of halogens is 1. The normalized spacial score (nSPS) is 12.7. The van der Waals surface area contributed by atoms with E-state index in [2.05, 4.69) is 10.4 Å². The van der Waals surface area contributed by atoms with E-state index >= 15 is 0 Å². The summed E-state index contributed by atoms with van der Waals surface area (Å²) < 4.78 is 11.9. The fourth-order valence-electron chi connectivity index (χ4n) is 3.17. The number of carbonyl (C=O) groups excluding carboxylic acids is 3. The molecule has 32 heavy (non-hydrogen) atoms. The van der Waals surface area contributed by atoms with Crippen molar-refractivity contribution >= 4 is 40.9 Å². The van der Waals surface area contributed by atoms with Gasteiger partial charge in [0, 0.05) is 23.7 Å². The molecule has 1 N–H and O–H groups in total. The third-order valence-electron chi connectivity index (χ3n) is 4.75. The number of amides is 2. The minimum absolute atomic E-state index is 0.165. The summed E-state index contributed by atoms with van der Waals surface area (Å²) >= 11 is 5.91. The largest absolute Gasteiger partial charge is 0.482 e. The van der Waals surface area contributed by atoms with Crippen LogP contribution in [-0.4, -0.2) is 47.3 Å². The lowest BCUT2D eigenvalue weighted by molar-refractivity contribution is -0.146. The van der Waals surface area contributed by atoms with Gasteiger partial charge in [-0.1, -0.05) is 35.9 Å². The van der Waals surface area contributed by atoms with Crippen LogP contribution in [0.3, 0.4) is 0 Å². The summed E-state index contributed by atoms with van der Waals surface area (Å²) in [5.74, 6) is -0.664. The number of anilines is 2. The van der Waals surface area contributed by atoms with Crippen LogP contribution in [0.2, 0.25) is 5.02 Å². The molecule has 2 aromatic carbocycles. The van der Waals surface area contributed by atoms with Crippen molar-refractivity contribution < 1.29 is 23.9 Å². The van der Waals surface area contributed by atoms with Crippen molar-refractivity contribution in [3.63, 3.8) is 0 Å². The molecule has 2 heterocycles. The highest BCUT2D eigenvalue weighted by atomic mass is 35.5. The van der Waals surface area contributed by atoms with Crippen LogP contribution in [0.25, 0.3) is 11.3 Å². The van der Waals surface area contributed by atoms with E-state index < -0.39 is 18.5 Å². The number of hydrogen-bond donors (Lipinski definition) is 1. The second-order valence-electron chi connectivity index (χ2n) is 6.99. The third-order valence-corrected chi connectivity index (χ3v) is 5.00. The van der Waals surface area contributed by atoms with Gasteiger partial charge in [0.15, 0.2) is 13.2 Å². The van der Waals surface area contributed by atoms with E-state index in [0.717, 1.165) is 5.56 Å². The number of rotatable bonds is 6. The smallest absolute Gasteiger partial charge is 0.326 e. The van der Waals surface area contributed by atoms with Crippen LogP contribution < -0.4 is 15.0 Å². The first-order valence-corrected chi connectivity index (χ1v) is 10.1. The molecule has 0 spiro atoms. The summed E-state index contributed by atoms with van der Waals surface area (Å²) in [6, 6.07) is 15.7. The number of nitrogens with one attached hydrogen (secondary N) is 1. The Labute approximate surface area is 188 Å². The molecular formula is C22H19ClN4O5. The average Bonchev–Trinajstić information content (AvgIpc) is 3.15. The molecule has 10 heteroatoms. The van der Waals surface area contributed by atoms with E-state index in [-0.39, 0.29) is 19.1 Å². The molecule has 1 aliphatic heterocycles. The summed E-state index contributed by atoms with van der Waals surface area (Å²) in [4.78, 5) is 37.9. The van der Waals surface area contributed by atoms with Crippen molar-refractivity contribution in [2.45, 2.75) is 0 Å². The van der Waals surface area contributed by atoms with Gasteiger partial charge in [-0.2, -0.15) is 5.10 Å². The SMILES string of the molecule is Cn1nc(-c2ccc(Cl)cc2)cc1NC(=O)COC(=O)CN1C(=O)COc2ccccc21. The molecule has 9 nitrogen and oxygen atoms in total. The topological polar surface area (TPSA) is 103 Å². The van der Waals surface area contributed by atoms with Crippen molar-refractivity contribution in [2.75, 3.05) is 30.0 Å². The van der Waals surface area contributed by atoms with E-state index in [1.54, 1.807) is 49.5 Å². The van der Waals surface area contributed by atoms with E-state index in [1.165, 1.54) is 9.58 Å². The molecule has 1 aromatic heterocycles. The predicted octanol–water partition coefficient (Wildman–Crippen LogP) is 2.65. The van der Waals surface area contributed by atoms with Crippen LogP contribution in [0.1, 0.15) is 0 Å². The molecule has 0 unspecified atom stereocenters. The first-order valence-electron chi connectivity index (χ1n) is 9.68. The van der Waals surface area contributed by atoms with Gasteiger partial charge in [-0.05, 0) is 24.3 Å². The van der Waals surface area contributed by atoms with Gasteiger partial charge >= 0.3 is 5.97 Å². The van der Waals surface area contributed by atoms with E-state index in [4.69, 9.17) is 21.1 Å². The van der Waals surface area contributed by atoms with Crippen LogP contribution in [0.15, 0.2) is 54.6 Å². The first-order chi connectivity index (χ1) is 15.4. The van der Waals surface area contributed by atoms with Gasteiger partial charge < -0.3 is 14.8 Å². The number of carbonyl (C=O) groups is 3. The van der Waals surface area contributed by atoms with Gasteiger partial charge in [0.25, 0.3) is 11.8 Å². The highest BCUT2D eigenvalue weighted by molar-refractivity contribution is 6.30. The molecular weight excluding hydrogens is 436 g/mol. The average molecular weight is 455 g/mol. The molecule has 0 aliphatic carbocycles. The highest BCUT2D eigenvalue weighted by Gasteiger charge is 2.27. The fourth-order valence-corrected chi connectivity index (χ4v) is 3.30. The predicted molar refractivity (Wildman–Crippen MR) is 118 cm³/mol. The van der Waals surface area contributed by atoms with Gasteiger partial charge in [-0.15, -0.1) is 0 Å². The lowest BCUT2D eigenvalue weighted by Crippen LogP contribution is -2.42. The van der Waals surface area contributed by atoms with E-state index in [9.17, 15) is 14.4 Å². The Hall–Kier alpha value is -3.85. The lowest BCUT2D eigenvalue weighted by Gasteiger charge is -2.28. The summed E-state index contributed by atoms with van der Waals surface area (Å²) in [5, 5.41) is 7.63. The minimum atomic E-state index is -0.711. The van der Waals surface area contributed by atoms with Gasteiger partial charge in [-0.25, -0.2) is 0 Å². The molecule has 164 valence electrons. The number of esters is 1. The molecule has 4 rings (SSSR count). The number of aryl methyl sites for hydroxylation is 1. The second-order valence-corrected chi connectivity index (χ2v) is 7.43. The first kappa shape index (κ1) is 21.4. The molecule has 0 atom stereocenters. The summed E-state index contributed by atoms with van der Waals surface area (Å²) in [7, 11) is 1.68. The highest BCUT2D eigenvalue weighted by Crippen LogP contribution is 2.31. The molecule has 1 aliphatic rings. The van der Waals surface area contributed by atoms with Crippen molar-refractivity contribution in [1.82, 2.24) is 9.78 Å². The number of ether oxygens (including phenoxy) is 2. The van der Waals surface area contributed by atoms with Crippen LogP contribution in [0.4, 0.5) is 11.5 Å². The zero-order valence-corrected chi connectivity index (χ0v) is 17.8. The number of fused-ring (bicyclic) bond motifs is 1. The minimum Gasteiger partial charge on any atom is -0.482 e. The standard InChI is InChI=1S/C22H19ClN4O5/c1-26-19(10-16(25-26)14-6-8-15(23)9-7-14)24-20(28)12-32-22(30)11-27-17-4-2-3-5-18(17)31-13-21(27)29/h2-10H,11-13H2,1H3,(H,24,28). The number of benzene rings is 2. The Morgan fingerprint density at radius 1 is 1.19 bits per heavy atom. The fraction of sp³-hybridized carbons (Fsp3) is 0.182. The summed E-state index contributed by atoms with van der Waals surface area (Å²) in [5.41, 5.74) is 1.98. The molecule has 0 saturated carbocycles. The molecule has 2 amide bonds. The van der Waals surface area contributed by atoms with Crippen molar-refractivity contribution in [1.29, 1.82) is 0 Å². The van der Waals surface area contributed by atoms with Gasteiger partial charge in [0.1, 0.15) is 18.1 Å². The number of para-hydroxylation sites is 2. The maximum absolute atomic E-state index is 12.3. The van der Waals surface area contributed by atoms with Crippen molar-refractivity contribution in [3.05, 3.63) is 59.6 Å². The Morgan fingerprint density at radius 3 is 2.72 bits per heavy atom. The third kappa shape index (κ3) is 4.73. The maximum atomic E-state index is 12.3. The van der Waals surface area contributed by atoms with Crippen LogP contribution in [-0.2, 0) is 26.2 Å².